The molecule has 1 aliphatic rings. The van der Waals surface area contributed by atoms with Gasteiger partial charge in [0.05, 0.1) is 36.3 Å². The lowest BCUT2D eigenvalue weighted by molar-refractivity contribution is -0.126. The molecule has 0 aliphatic carbocycles. The van der Waals surface area contributed by atoms with Gasteiger partial charge in [-0.1, -0.05) is 17.7 Å². The van der Waals surface area contributed by atoms with Crippen molar-refractivity contribution in [3.63, 3.8) is 0 Å². The van der Waals surface area contributed by atoms with E-state index < -0.39 is 0 Å². The molecule has 5 heterocycles. The Bertz CT molecular complexity index is 1420. The van der Waals surface area contributed by atoms with Crippen LogP contribution in [0.25, 0.3) is 16.9 Å². The number of nitrogens with zero attached hydrogens (tertiary/aromatic N) is 5. The number of nitrogens with one attached hydrogen (secondary N) is 2. The summed E-state index contributed by atoms with van der Waals surface area (Å²) in [5.74, 6) is 0.0620. The molecule has 0 spiro atoms. The van der Waals surface area contributed by atoms with Crippen molar-refractivity contribution >= 4 is 29.1 Å². The van der Waals surface area contributed by atoms with Gasteiger partial charge in [0.2, 0.25) is 11.8 Å². The molecule has 36 heavy (non-hydrogen) atoms. The quantitative estimate of drug-likeness (QED) is 0.413. The Balaban J connectivity index is 1.16. The lowest BCUT2D eigenvalue weighted by atomic mass is 9.95. The van der Waals surface area contributed by atoms with Crippen molar-refractivity contribution in [2.45, 2.75) is 26.3 Å². The number of likely N-dealkylation sites (tertiary alicyclic amines) is 1. The van der Waals surface area contributed by atoms with E-state index in [4.69, 9.17) is 16.3 Å². The molecule has 0 unspecified atom stereocenters. The minimum Gasteiger partial charge on any atom is -0.481 e. The van der Waals surface area contributed by atoms with Crippen LogP contribution < -0.4 is 10.1 Å². The van der Waals surface area contributed by atoms with Crippen LogP contribution in [0.5, 0.6) is 5.88 Å². The highest BCUT2D eigenvalue weighted by Crippen LogP contribution is 2.29. The third kappa shape index (κ3) is 4.76. The monoisotopic (exact) mass is 507 g/mol. The van der Waals surface area contributed by atoms with Gasteiger partial charge in [-0.25, -0.2) is 9.97 Å². The molecule has 1 aliphatic heterocycles. The van der Waals surface area contributed by atoms with Gasteiger partial charge in [-0.3, -0.25) is 14.7 Å². The number of aromatic nitrogens is 5. The Kier molecular flexibility index (Phi) is 6.60. The first-order chi connectivity index (χ1) is 17.4. The molecule has 2 amide bonds. The zero-order valence-electron chi connectivity index (χ0n) is 20.0. The molecule has 0 saturated carbocycles. The minimum atomic E-state index is -0.187. The van der Waals surface area contributed by atoms with Crippen molar-refractivity contribution in [1.82, 2.24) is 34.8 Å². The molecule has 1 fully saturated rings. The highest BCUT2D eigenvalue weighted by atomic mass is 35.5. The molecule has 0 radical (unpaired) electrons. The van der Waals surface area contributed by atoms with Gasteiger partial charge < -0.3 is 19.4 Å². The molecule has 4 aromatic heterocycles. The molecule has 0 aromatic carbocycles. The molecular weight excluding hydrogens is 482 g/mol. The van der Waals surface area contributed by atoms with Crippen LogP contribution in [-0.2, 0) is 11.3 Å². The first kappa shape index (κ1) is 23.8. The van der Waals surface area contributed by atoms with E-state index in [-0.39, 0.29) is 17.7 Å². The van der Waals surface area contributed by atoms with Gasteiger partial charge in [-0.15, -0.1) is 0 Å². The van der Waals surface area contributed by atoms with E-state index in [2.05, 4.69) is 25.5 Å². The summed E-state index contributed by atoms with van der Waals surface area (Å²) in [6.45, 7) is 3.35. The maximum atomic E-state index is 13.0. The first-order valence-corrected chi connectivity index (χ1v) is 12.1. The lowest BCUT2D eigenvalue weighted by Gasteiger charge is -2.30. The Morgan fingerprint density at radius 3 is 2.81 bits per heavy atom. The number of carbonyl (C=O) groups is 2. The number of aryl methyl sites for hydroxylation is 1. The van der Waals surface area contributed by atoms with E-state index >= 15 is 0 Å². The number of piperidine rings is 1. The van der Waals surface area contributed by atoms with E-state index in [9.17, 15) is 9.59 Å². The number of carbonyl (C=O) groups excluding carboxylic acids is 2. The van der Waals surface area contributed by atoms with Gasteiger partial charge in [-0.2, -0.15) is 5.10 Å². The summed E-state index contributed by atoms with van der Waals surface area (Å²) in [6.07, 6.45) is 4.61. The van der Waals surface area contributed by atoms with Crippen LogP contribution in [0.1, 0.15) is 34.7 Å². The molecule has 5 rings (SSSR count). The SMILES string of the molecule is COc1cc(-c2cc(C(=O)N3CCC(C(=O)NCc4cn5c(C)cccc5n4)CC3)n[nH]2)c(Cl)cn1. The van der Waals surface area contributed by atoms with Crippen LogP contribution >= 0.6 is 11.6 Å². The Morgan fingerprint density at radius 1 is 1.25 bits per heavy atom. The molecule has 0 bridgehead atoms. The van der Waals surface area contributed by atoms with Crippen LogP contribution in [0.3, 0.4) is 0 Å². The predicted octanol–water partition coefficient (Wildman–Crippen LogP) is 3.26. The van der Waals surface area contributed by atoms with Crippen LogP contribution in [-0.4, -0.2) is 61.5 Å². The van der Waals surface area contributed by atoms with Crippen molar-refractivity contribution in [3.8, 4) is 17.1 Å². The zero-order valence-corrected chi connectivity index (χ0v) is 20.7. The number of imidazole rings is 1. The van der Waals surface area contributed by atoms with E-state index in [1.807, 2.05) is 35.7 Å². The van der Waals surface area contributed by atoms with Crippen LogP contribution in [0.2, 0.25) is 5.02 Å². The van der Waals surface area contributed by atoms with Crippen LogP contribution in [0, 0.1) is 12.8 Å². The molecule has 0 atom stereocenters. The van der Waals surface area contributed by atoms with Crippen molar-refractivity contribution in [2.24, 2.45) is 5.92 Å². The Hall–Kier alpha value is -3.92. The average molecular weight is 508 g/mol. The van der Waals surface area contributed by atoms with Crippen LogP contribution in [0.4, 0.5) is 0 Å². The van der Waals surface area contributed by atoms with Gasteiger partial charge >= 0.3 is 0 Å². The molecule has 1 saturated heterocycles. The van der Waals surface area contributed by atoms with Crippen molar-refractivity contribution in [2.75, 3.05) is 20.2 Å². The van der Waals surface area contributed by atoms with E-state index in [1.165, 1.54) is 13.3 Å². The summed E-state index contributed by atoms with van der Waals surface area (Å²) in [6, 6.07) is 9.27. The van der Waals surface area contributed by atoms with Crippen molar-refractivity contribution in [1.29, 1.82) is 0 Å². The number of methoxy groups -OCH3 is 1. The second-order valence-electron chi connectivity index (χ2n) is 8.79. The van der Waals surface area contributed by atoms with E-state index in [1.54, 1.807) is 17.0 Å². The smallest absolute Gasteiger partial charge is 0.274 e. The topological polar surface area (TPSA) is 118 Å². The van der Waals surface area contributed by atoms with Gasteiger partial charge in [0, 0.05) is 42.5 Å². The second kappa shape index (κ2) is 9.98. The number of halogens is 1. The van der Waals surface area contributed by atoms with Crippen molar-refractivity contribution < 1.29 is 14.3 Å². The Labute approximate surface area is 212 Å². The molecule has 2 N–H and O–H groups in total. The first-order valence-electron chi connectivity index (χ1n) is 11.7. The highest BCUT2D eigenvalue weighted by Gasteiger charge is 2.29. The second-order valence-corrected chi connectivity index (χ2v) is 9.19. The van der Waals surface area contributed by atoms with Crippen LogP contribution in [0.15, 0.2) is 42.7 Å². The number of hydrogen-bond acceptors (Lipinski definition) is 6. The van der Waals surface area contributed by atoms with Gasteiger partial charge in [0.25, 0.3) is 5.91 Å². The lowest BCUT2D eigenvalue weighted by Crippen LogP contribution is -2.43. The number of ether oxygens (including phenoxy) is 1. The van der Waals surface area contributed by atoms with E-state index in [0.29, 0.717) is 60.3 Å². The average Bonchev–Trinajstić information content (AvgIpc) is 3.55. The fraction of sp³-hybridized carbons (Fsp3) is 0.320. The number of hydrogen-bond donors (Lipinski definition) is 2. The summed E-state index contributed by atoms with van der Waals surface area (Å²) in [4.78, 5) is 36.1. The summed E-state index contributed by atoms with van der Waals surface area (Å²) in [5.41, 5.74) is 4.29. The fourth-order valence-corrected chi connectivity index (χ4v) is 4.62. The molecule has 10 nitrogen and oxygen atoms in total. The summed E-state index contributed by atoms with van der Waals surface area (Å²) in [7, 11) is 1.52. The number of H-pyrrole nitrogens is 1. The summed E-state index contributed by atoms with van der Waals surface area (Å²) < 4.78 is 7.16. The number of aromatic amines is 1. The van der Waals surface area contributed by atoms with Crippen molar-refractivity contribution in [3.05, 3.63) is 64.8 Å². The molecular formula is C25H26ClN7O3. The number of fused-ring (bicyclic) bond motifs is 1. The van der Waals surface area contributed by atoms with Gasteiger partial charge in [-0.05, 0) is 38.0 Å². The molecule has 4 aromatic rings. The van der Waals surface area contributed by atoms with E-state index in [0.717, 1.165) is 17.0 Å². The Morgan fingerprint density at radius 2 is 2.06 bits per heavy atom. The highest BCUT2D eigenvalue weighted by molar-refractivity contribution is 6.33. The zero-order chi connectivity index (χ0) is 25.2. The molecule has 186 valence electrons. The third-order valence-corrected chi connectivity index (χ3v) is 6.77. The number of amides is 2. The maximum Gasteiger partial charge on any atom is 0.274 e. The normalized spacial score (nSPS) is 14.2. The van der Waals surface area contributed by atoms with Gasteiger partial charge in [0.15, 0.2) is 5.69 Å². The predicted molar refractivity (Wildman–Crippen MR) is 134 cm³/mol. The standard InChI is InChI=1S/C25H26ClN7O3/c1-15-4-3-5-22-29-17(14-33(15)22)12-28-24(34)16-6-8-32(9-7-16)25(35)21-11-20(30-31-21)18-10-23(36-2)27-13-19(18)26/h3-5,10-11,13-14,16H,6-9,12H2,1-2H3,(H,28,34)(H,30,31). The fourth-order valence-electron chi connectivity index (χ4n) is 4.42. The third-order valence-electron chi connectivity index (χ3n) is 6.47. The minimum absolute atomic E-state index is 0.0146. The number of rotatable bonds is 6. The summed E-state index contributed by atoms with van der Waals surface area (Å²) in [5, 5.41) is 10.5. The van der Waals surface area contributed by atoms with Gasteiger partial charge in [0.1, 0.15) is 5.65 Å². The maximum absolute atomic E-state index is 13.0. The molecule has 11 heteroatoms. The number of pyridine rings is 2. The largest absolute Gasteiger partial charge is 0.481 e. The summed E-state index contributed by atoms with van der Waals surface area (Å²) >= 11 is 6.26.